The summed E-state index contributed by atoms with van der Waals surface area (Å²) >= 11 is 1.48. The molecule has 0 aromatic carbocycles. The molecule has 0 aliphatic carbocycles. The summed E-state index contributed by atoms with van der Waals surface area (Å²) in [5.41, 5.74) is 0.506. The molecule has 130 valence electrons. The van der Waals surface area contributed by atoms with Gasteiger partial charge in [0.15, 0.2) is 10.8 Å². The van der Waals surface area contributed by atoms with Crippen LogP contribution in [0.3, 0.4) is 0 Å². The number of aryl methyl sites for hydroxylation is 1. The van der Waals surface area contributed by atoms with Crippen LogP contribution in [0.25, 0.3) is 10.8 Å². The summed E-state index contributed by atoms with van der Waals surface area (Å²) in [4.78, 5) is 22.5. The second kappa shape index (κ2) is 7.92. The highest BCUT2D eigenvalue weighted by atomic mass is 32.1. The molecular weight excluding hydrogens is 324 g/mol. The second-order valence-electron chi connectivity index (χ2n) is 6.16. The number of rotatable bonds is 6. The Hall–Kier alpha value is -1.70. The van der Waals surface area contributed by atoms with E-state index in [4.69, 9.17) is 4.42 Å². The summed E-state index contributed by atoms with van der Waals surface area (Å²) in [5, 5.41) is 3.73. The van der Waals surface area contributed by atoms with Crippen molar-refractivity contribution in [1.29, 1.82) is 0 Å². The van der Waals surface area contributed by atoms with Crippen molar-refractivity contribution in [2.45, 2.75) is 13.3 Å². The Kier molecular flexibility index (Phi) is 5.65. The highest BCUT2D eigenvalue weighted by Gasteiger charge is 2.17. The van der Waals surface area contributed by atoms with Crippen molar-refractivity contribution in [3.05, 3.63) is 29.0 Å². The van der Waals surface area contributed by atoms with E-state index in [0.29, 0.717) is 18.0 Å². The molecule has 0 bridgehead atoms. The summed E-state index contributed by atoms with van der Waals surface area (Å²) in [6, 6.07) is 3.68. The van der Waals surface area contributed by atoms with Crippen molar-refractivity contribution in [2.24, 2.45) is 0 Å². The number of piperazine rings is 1. The monoisotopic (exact) mass is 348 g/mol. The average Bonchev–Trinajstić information content (AvgIpc) is 3.22. The van der Waals surface area contributed by atoms with Crippen LogP contribution in [0.1, 0.15) is 21.8 Å². The van der Waals surface area contributed by atoms with Crippen LogP contribution in [0.15, 0.2) is 22.8 Å². The molecule has 24 heavy (non-hydrogen) atoms. The molecule has 0 atom stereocenters. The lowest BCUT2D eigenvalue weighted by Crippen LogP contribution is -2.45. The molecule has 2 aromatic rings. The van der Waals surface area contributed by atoms with Gasteiger partial charge in [-0.3, -0.25) is 4.79 Å². The first-order valence-corrected chi connectivity index (χ1v) is 9.15. The maximum absolute atomic E-state index is 12.3. The number of nitrogens with zero attached hydrogens (tertiary/aromatic N) is 3. The largest absolute Gasteiger partial charge is 0.462 e. The van der Waals surface area contributed by atoms with Gasteiger partial charge in [-0.05, 0) is 39.1 Å². The van der Waals surface area contributed by atoms with Gasteiger partial charge in [-0.1, -0.05) is 0 Å². The first-order valence-electron chi connectivity index (χ1n) is 8.34. The van der Waals surface area contributed by atoms with Gasteiger partial charge in [-0.25, -0.2) is 4.98 Å². The van der Waals surface area contributed by atoms with Crippen LogP contribution in [0, 0.1) is 6.92 Å². The molecule has 3 rings (SSSR count). The highest BCUT2D eigenvalue weighted by Crippen LogP contribution is 2.27. The van der Waals surface area contributed by atoms with Crippen molar-refractivity contribution >= 4 is 17.2 Å². The van der Waals surface area contributed by atoms with Crippen molar-refractivity contribution in [3.63, 3.8) is 0 Å². The minimum Gasteiger partial charge on any atom is -0.462 e. The molecule has 0 unspecified atom stereocenters. The number of amides is 1. The molecule has 1 aliphatic rings. The smallest absolute Gasteiger partial charge is 0.271 e. The Balaban J connectivity index is 1.45. The Morgan fingerprint density at radius 3 is 2.88 bits per heavy atom. The Labute approximate surface area is 146 Å². The van der Waals surface area contributed by atoms with Crippen LogP contribution in [0.2, 0.25) is 0 Å². The third-order valence-electron chi connectivity index (χ3n) is 4.28. The lowest BCUT2D eigenvalue weighted by molar-refractivity contribution is 0.0944. The van der Waals surface area contributed by atoms with Gasteiger partial charge in [-0.2, -0.15) is 0 Å². The minimum atomic E-state index is -0.0973. The number of hydrogen-bond acceptors (Lipinski definition) is 6. The minimum absolute atomic E-state index is 0.0973. The van der Waals surface area contributed by atoms with Crippen LogP contribution < -0.4 is 5.32 Å². The lowest BCUT2D eigenvalue weighted by atomic mass is 10.3. The first kappa shape index (κ1) is 17.1. The van der Waals surface area contributed by atoms with Crippen LogP contribution in [0.5, 0.6) is 0 Å². The zero-order chi connectivity index (χ0) is 16.9. The van der Waals surface area contributed by atoms with Crippen LogP contribution >= 0.6 is 11.3 Å². The second-order valence-corrected chi connectivity index (χ2v) is 7.36. The molecule has 0 saturated carbocycles. The molecule has 3 heterocycles. The number of aromatic nitrogens is 1. The van der Waals surface area contributed by atoms with E-state index < -0.39 is 0 Å². The van der Waals surface area contributed by atoms with Gasteiger partial charge in [0.25, 0.3) is 5.91 Å². The molecule has 7 heteroatoms. The molecule has 0 radical (unpaired) electrons. The molecule has 2 aromatic heterocycles. The maximum atomic E-state index is 12.3. The summed E-state index contributed by atoms with van der Waals surface area (Å²) in [5.74, 6) is 0.608. The van der Waals surface area contributed by atoms with Crippen LogP contribution in [0.4, 0.5) is 0 Å². The number of carbonyl (C=O) groups is 1. The van der Waals surface area contributed by atoms with Crippen molar-refractivity contribution in [3.8, 4) is 10.8 Å². The molecule has 1 amide bonds. The fraction of sp³-hybridized carbons (Fsp3) is 0.529. The summed E-state index contributed by atoms with van der Waals surface area (Å²) in [6.07, 6.45) is 2.58. The van der Waals surface area contributed by atoms with Crippen LogP contribution in [-0.4, -0.2) is 67.0 Å². The number of likely N-dealkylation sites (N-methyl/N-ethyl adjacent to an activating group) is 1. The van der Waals surface area contributed by atoms with Gasteiger partial charge in [0.1, 0.15) is 5.69 Å². The SMILES string of the molecule is Cc1sc(-c2ccco2)nc1C(=O)NCCCN1CCN(C)CC1. The molecule has 0 spiro atoms. The van der Waals surface area contributed by atoms with Gasteiger partial charge in [0, 0.05) is 37.6 Å². The molecule has 1 aliphatic heterocycles. The van der Waals surface area contributed by atoms with Gasteiger partial charge < -0.3 is 19.5 Å². The number of nitrogens with one attached hydrogen (secondary N) is 1. The fourth-order valence-corrected chi connectivity index (χ4v) is 3.65. The zero-order valence-electron chi connectivity index (χ0n) is 14.2. The van der Waals surface area contributed by atoms with E-state index in [0.717, 1.165) is 49.0 Å². The van der Waals surface area contributed by atoms with E-state index in [1.807, 2.05) is 19.1 Å². The van der Waals surface area contributed by atoms with Gasteiger partial charge in [-0.15, -0.1) is 11.3 Å². The average molecular weight is 348 g/mol. The standard InChI is InChI=1S/C17H24N4O2S/c1-13-15(19-17(24-13)14-5-3-12-23-14)16(22)18-6-4-7-21-10-8-20(2)9-11-21/h3,5,12H,4,6-11H2,1-2H3,(H,18,22). The quantitative estimate of drug-likeness (QED) is 0.810. The van der Waals surface area contributed by atoms with Crippen molar-refractivity contribution in [2.75, 3.05) is 46.3 Å². The van der Waals surface area contributed by atoms with Gasteiger partial charge in [0.2, 0.25) is 0 Å². The molecule has 1 saturated heterocycles. The normalized spacial score (nSPS) is 16.4. The van der Waals surface area contributed by atoms with E-state index >= 15 is 0 Å². The van der Waals surface area contributed by atoms with E-state index in [-0.39, 0.29) is 5.91 Å². The Morgan fingerprint density at radius 1 is 1.38 bits per heavy atom. The van der Waals surface area contributed by atoms with E-state index in [1.165, 1.54) is 11.3 Å². The number of hydrogen-bond donors (Lipinski definition) is 1. The number of thiazole rings is 1. The Morgan fingerprint density at radius 2 is 2.17 bits per heavy atom. The third kappa shape index (κ3) is 4.23. The number of furan rings is 1. The predicted octanol–water partition coefficient (Wildman–Crippen LogP) is 2.08. The summed E-state index contributed by atoms with van der Waals surface area (Å²) in [7, 11) is 2.16. The fourth-order valence-electron chi connectivity index (χ4n) is 2.77. The maximum Gasteiger partial charge on any atom is 0.271 e. The van der Waals surface area contributed by atoms with E-state index in [1.54, 1.807) is 6.26 Å². The van der Waals surface area contributed by atoms with Crippen molar-refractivity contribution in [1.82, 2.24) is 20.1 Å². The summed E-state index contributed by atoms with van der Waals surface area (Å²) < 4.78 is 5.35. The van der Waals surface area contributed by atoms with Crippen LogP contribution in [-0.2, 0) is 0 Å². The van der Waals surface area contributed by atoms with E-state index in [9.17, 15) is 4.79 Å². The summed E-state index contributed by atoms with van der Waals surface area (Å²) in [6.45, 7) is 8.10. The molecule has 1 fully saturated rings. The molecular formula is C17H24N4O2S. The molecule has 6 nitrogen and oxygen atoms in total. The van der Waals surface area contributed by atoms with E-state index in [2.05, 4.69) is 27.1 Å². The van der Waals surface area contributed by atoms with Gasteiger partial charge >= 0.3 is 0 Å². The highest BCUT2D eigenvalue weighted by molar-refractivity contribution is 7.15. The predicted molar refractivity (Wildman–Crippen MR) is 95.4 cm³/mol. The Bertz CT molecular complexity index is 660. The lowest BCUT2D eigenvalue weighted by Gasteiger charge is -2.32. The number of carbonyl (C=O) groups excluding carboxylic acids is 1. The zero-order valence-corrected chi connectivity index (χ0v) is 15.1. The first-order chi connectivity index (χ1) is 11.6. The third-order valence-corrected chi connectivity index (χ3v) is 5.26. The molecule has 1 N–H and O–H groups in total. The van der Waals surface area contributed by atoms with Gasteiger partial charge in [0.05, 0.1) is 6.26 Å². The van der Waals surface area contributed by atoms with Crippen molar-refractivity contribution < 1.29 is 9.21 Å². The topological polar surface area (TPSA) is 61.6 Å².